The van der Waals surface area contributed by atoms with Gasteiger partial charge in [-0.15, -0.1) is 4.73 Å². The molecule has 3 rings (SSSR count). The van der Waals surface area contributed by atoms with Crippen LogP contribution in [-0.4, -0.2) is 16.8 Å². The molecule has 0 saturated carbocycles. The fourth-order valence-electron chi connectivity index (χ4n) is 2.23. The van der Waals surface area contributed by atoms with E-state index in [0.29, 0.717) is 5.52 Å². The van der Waals surface area contributed by atoms with E-state index in [0.717, 1.165) is 10.8 Å². The monoisotopic (exact) mass is 360 g/mol. The highest BCUT2D eigenvalue weighted by molar-refractivity contribution is 6.31. The second-order valence-corrected chi connectivity index (χ2v) is 5.32. The van der Waals surface area contributed by atoms with Crippen LogP contribution in [0.5, 0.6) is 11.5 Å². The summed E-state index contributed by atoms with van der Waals surface area (Å²) in [6, 6.07) is 7.25. The number of hydrogen-bond donors (Lipinski definition) is 1. The van der Waals surface area contributed by atoms with E-state index in [1.165, 1.54) is 31.6 Å². The van der Waals surface area contributed by atoms with Crippen molar-refractivity contribution < 1.29 is 14.0 Å². The second kappa shape index (κ2) is 6.30. The summed E-state index contributed by atoms with van der Waals surface area (Å²) in [5.41, 5.74) is 5.39. The van der Waals surface area contributed by atoms with Gasteiger partial charge in [0.1, 0.15) is 30.8 Å². The van der Waals surface area contributed by atoms with Gasteiger partial charge < -0.3 is 15.3 Å². The normalized spacial score (nSPS) is 10.5. The highest BCUT2D eigenvalue weighted by Crippen LogP contribution is 2.36. The summed E-state index contributed by atoms with van der Waals surface area (Å²) in [6.45, 7) is 0. The minimum absolute atomic E-state index is 0.0203. The molecular formula is C16H10ClFN4O3. The molecular weight excluding hydrogens is 351 g/mol. The maximum absolute atomic E-state index is 14.3. The zero-order chi connectivity index (χ0) is 18.1. The molecule has 0 bridgehead atoms. The molecule has 9 heteroatoms. The molecule has 0 spiro atoms. The zero-order valence-electron chi connectivity index (χ0n) is 12.8. The Hall–Kier alpha value is -3.31. The average molecular weight is 361 g/mol. The molecule has 0 atom stereocenters. The maximum atomic E-state index is 14.3. The number of nitrogens with two attached hydrogens (primary N) is 1. The maximum Gasteiger partial charge on any atom is 0.294 e. The number of ether oxygens (including phenoxy) is 1. The summed E-state index contributed by atoms with van der Waals surface area (Å²) >= 11 is 5.75. The average Bonchev–Trinajstić information content (AvgIpc) is 2.60. The van der Waals surface area contributed by atoms with Crippen molar-refractivity contribution in [2.45, 2.75) is 0 Å². The Bertz CT molecular complexity index is 1090. The topological polar surface area (TPSA) is 103 Å². The fraction of sp³-hybridized carbons (Fsp3) is 0.0625. The zero-order valence-corrected chi connectivity index (χ0v) is 13.5. The number of nitrogen functional groups attached to an aromatic ring is 1. The van der Waals surface area contributed by atoms with Crippen LogP contribution in [0, 0.1) is 17.1 Å². The van der Waals surface area contributed by atoms with Crippen molar-refractivity contribution >= 4 is 28.2 Å². The number of rotatable bonds is 3. The number of nitrogens with zero attached hydrogens (tertiary/aromatic N) is 3. The van der Waals surface area contributed by atoms with Crippen LogP contribution >= 0.6 is 11.6 Å². The van der Waals surface area contributed by atoms with Gasteiger partial charge in [0.2, 0.25) is 0 Å². The minimum Gasteiger partial charge on any atom is -0.453 e. The lowest BCUT2D eigenvalue weighted by atomic mass is 10.1. The Morgan fingerprint density at radius 1 is 1.40 bits per heavy atom. The first kappa shape index (κ1) is 16.5. The molecule has 2 N–H and O–H groups in total. The van der Waals surface area contributed by atoms with E-state index in [1.807, 2.05) is 0 Å². The van der Waals surface area contributed by atoms with Crippen molar-refractivity contribution in [2.24, 2.45) is 0 Å². The molecule has 0 radical (unpaired) electrons. The largest absolute Gasteiger partial charge is 0.453 e. The van der Waals surface area contributed by atoms with Crippen molar-refractivity contribution in [2.75, 3.05) is 12.8 Å². The second-order valence-electron chi connectivity index (χ2n) is 4.92. The molecule has 25 heavy (non-hydrogen) atoms. The molecule has 126 valence electrons. The predicted molar refractivity (Wildman–Crippen MR) is 89.1 cm³/mol. The van der Waals surface area contributed by atoms with Gasteiger partial charge in [-0.3, -0.25) is 4.79 Å². The van der Waals surface area contributed by atoms with Gasteiger partial charge >= 0.3 is 0 Å². The summed E-state index contributed by atoms with van der Waals surface area (Å²) in [6.07, 6.45) is 1.23. The van der Waals surface area contributed by atoms with Crippen LogP contribution in [0.2, 0.25) is 5.02 Å². The van der Waals surface area contributed by atoms with Gasteiger partial charge in [0, 0.05) is 0 Å². The standard InChI is InChI=1S/C16H10ClFN4O3/c1-24-22-7-21-13-3-2-8(4-9(13)16(22)23)25-15-10(6-19)12(20)5-11(17)14(15)18/h2-5,7H,20H2,1H3. The first-order chi connectivity index (χ1) is 12.0. The highest BCUT2D eigenvalue weighted by Gasteiger charge is 2.19. The molecule has 0 fully saturated rings. The predicted octanol–water partition coefficient (Wildman–Crippen LogP) is 2.49. The minimum atomic E-state index is -0.923. The number of hydrogen-bond acceptors (Lipinski definition) is 6. The molecule has 1 heterocycles. The number of nitriles is 1. The third kappa shape index (κ3) is 2.81. The molecule has 1 aromatic heterocycles. The molecule has 0 aliphatic carbocycles. The van der Waals surface area contributed by atoms with Crippen molar-refractivity contribution in [1.29, 1.82) is 5.26 Å². The van der Waals surface area contributed by atoms with E-state index in [-0.39, 0.29) is 27.4 Å². The van der Waals surface area contributed by atoms with E-state index in [4.69, 9.17) is 26.9 Å². The summed E-state index contributed by atoms with van der Waals surface area (Å²) in [5.74, 6) is -1.23. The van der Waals surface area contributed by atoms with Gasteiger partial charge in [0.25, 0.3) is 5.56 Å². The SMILES string of the molecule is COn1cnc2ccc(Oc3c(F)c(Cl)cc(N)c3C#N)cc2c1=O. The van der Waals surface area contributed by atoms with E-state index in [9.17, 15) is 14.4 Å². The van der Waals surface area contributed by atoms with Gasteiger partial charge in [0.15, 0.2) is 11.6 Å². The molecule has 0 saturated heterocycles. The number of aromatic nitrogens is 2. The molecule has 3 aromatic rings. The highest BCUT2D eigenvalue weighted by atomic mass is 35.5. The Kier molecular flexibility index (Phi) is 4.17. The van der Waals surface area contributed by atoms with Gasteiger partial charge in [0.05, 0.1) is 21.6 Å². The summed E-state index contributed by atoms with van der Waals surface area (Å²) in [5, 5.41) is 9.09. The van der Waals surface area contributed by atoms with Crippen LogP contribution in [0.25, 0.3) is 10.9 Å². The van der Waals surface area contributed by atoms with Crippen LogP contribution in [-0.2, 0) is 0 Å². The van der Waals surface area contributed by atoms with Crippen LogP contribution in [0.15, 0.2) is 35.4 Å². The van der Waals surface area contributed by atoms with E-state index in [1.54, 1.807) is 6.07 Å². The van der Waals surface area contributed by atoms with Crippen LogP contribution < -0.4 is 20.9 Å². The van der Waals surface area contributed by atoms with Crippen LogP contribution in [0.1, 0.15) is 5.56 Å². The van der Waals surface area contributed by atoms with Crippen molar-refractivity contribution in [3.05, 3.63) is 57.3 Å². The van der Waals surface area contributed by atoms with Gasteiger partial charge in [-0.05, 0) is 24.3 Å². The molecule has 2 aromatic carbocycles. The van der Waals surface area contributed by atoms with Gasteiger partial charge in [-0.25, -0.2) is 9.37 Å². The van der Waals surface area contributed by atoms with Crippen LogP contribution in [0.3, 0.4) is 0 Å². The Morgan fingerprint density at radius 2 is 2.16 bits per heavy atom. The third-order valence-corrected chi connectivity index (χ3v) is 3.71. The molecule has 0 unspecified atom stereocenters. The van der Waals surface area contributed by atoms with Gasteiger partial charge in [-0.2, -0.15) is 5.26 Å². The summed E-state index contributed by atoms with van der Waals surface area (Å²) in [7, 11) is 1.32. The number of anilines is 1. The van der Waals surface area contributed by atoms with Crippen molar-refractivity contribution in [3.8, 4) is 17.6 Å². The fourth-order valence-corrected chi connectivity index (χ4v) is 2.43. The van der Waals surface area contributed by atoms with E-state index >= 15 is 0 Å². The molecule has 0 amide bonds. The Morgan fingerprint density at radius 3 is 2.84 bits per heavy atom. The van der Waals surface area contributed by atoms with E-state index in [2.05, 4.69) is 4.98 Å². The number of benzene rings is 2. The van der Waals surface area contributed by atoms with E-state index < -0.39 is 17.1 Å². The lowest BCUT2D eigenvalue weighted by molar-refractivity contribution is 0.155. The lowest BCUT2D eigenvalue weighted by Gasteiger charge is -2.12. The summed E-state index contributed by atoms with van der Waals surface area (Å²) in [4.78, 5) is 21.2. The third-order valence-electron chi connectivity index (χ3n) is 3.44. The van der Waals surface area contributed by atoms with Crippen molar-refractivity contribution in [3.63, 3.8) is 0 Å². The first-order valence-electron chi connectivity index (χ1n) is 6.87. The molecule has 0 aliphatic heterocycles. The molecule has 0 aliphatic rings. The Labute approximate surface area is 145 Å². The quantitative estimate of drug-likeness (QED) is 0.720. The number of fused-ring (bicyclic) bond motifs is 1. The smallest absolute Gasteiger partial charge is 0.294 e. The lowest BCUT2D eigenvalue weighted by Crippen LogP contribution is -2.24. The van der Waals surface area contributed by atoms with Crippen LogP contribution in [0.4, 0.5) is 10.1 Å². The van der Waals surface area contributed by atoms with Crippen molar-refractivity contribution in [1.82, 2.24) is 9.71 Å². The summed E-state index contributed by atoms with van der Waals surface area (Å²) < 4.78 is 20.7. The Balaban J connectivity index is 2.15. The van der Waals surface area contributed by atoms with Gasteiger partial charge in [-0.1, -0.05) is 11.6 Å². The molecule has 7 nitrogen and oxygen atoms in total. The first-order valence-corrected chi connectivity index (χ1v) is 7.25. The number of halogens is 2.